The summed E-state index contributed by atoms with van der Waals surface area (Å²) >= 11 is 0. The van der Waals surface area contributed by atoms with Crippen molar-refractivity contribution >= 4 is 15.6 Å². The molecule has 18 heavy (non-hydrogen) atoms. The van der Waals surface area contributed by atoms with Gasteiger partial charge in [0.1, 0.15) is 11.5 Å². The molecule has 4 nitrogen and oxygen atoms in total. The Kier molecular flexibility index (Phi) is 4.90. The van der Waals surface area contributed by atoms with Crippen molar-refractivity contribution in [3.05, 3.63) is 29.3 Å². The van der Waals surface area contributed by atoms with E-state index in [0.29, 0.717) is 17.7 Å². The van der Waals surface area contributed by atoms with Gasteiger partial charge in [-0.2, -0.15) is 0 Å². The van der Waals surface area contributed by atoms with Crippen LogP contribution in [0, 0.1) is 6.92 Å². The molecule has 0 aliphatic carbocycles. The van der Waals surface area contributed by atoms with Gasteiger partial charge in [-0.15, -0.1) is 0 Å². The number of rotatable bonds is 6. The lowest BCUT2D eigenvalue weighted by Crippen LogP contribution is -2.19. The van der Waals surface area contributed by atoms with Crippen LogP contribution in [0.3, 0.4) is 0 Å². The van der Waals surface area contributed by atoms with Crippen molar-refractivity contribution in [3.63, 3.8) is 0 Å². The first-order chi connectivity index (χ1) is 8.39. The molecule has 0 atom stereocenters. The van der Waals surface area contributed by atoms with E-state index in [2.05, 4.69) is 0 Å². The zero-order valence-corrected chi connectivity index (χ0v) is 11.7. The largest absolute Gasteiger partial charge is 0.496 e. The van der Waals surface area contributed by atoms with Crippen molar-refractivity contribution < 1.29 is 17.9 Å². The van der Waals surface area contributed by atoms with Gasteiger partial charge in [-0.05, 0) is 31.0 Å². The summed E-state index contributed by atoms with van der Waals surface area (Å²) in [7, 11) is -1.85. The Morgan fingerprint density at radius 2 is 2.00 bits per heavy atom. The fourth-order valence-electron chi connectivity index (χ4n) is 1.69. The third kappa shape index (κ3) is 3.84. The van der Waals surface area contributed by atoms with E-state index < -0.39 is 21.4 Å². The van der Waals surface area contributed by atoms with Gasteiger partial charge < -0.3 is 4.74 Å². The van der Waals surface area contributed by atoms with E-state index >= 15 is 0 Å². The minimum absolute atomic E-state index is 0.0346. The molecule has 0 saturated heterocycles. The predicted molar refractivity (Wildman–Crippen MR) is 71.0 cm³/mol. The van der Waals surface area contributed by atoms with E-state index in [4.69, 9.17) is 4.74 Å². The van der Waals surface area contributed by atoms with E-state index in [1.54, 1.807) is 25.1 Å². The zero-order valence-electron chi connectivity index (χ0n) is 10.9. The van der Waals surface area contributed by atoms with Crippen molar-refractivity contribution in [1.29, 1.82) is 0 Å². The first-order valence-electron chi connectivity index (χ1n) is 5.78. The van der Waals surface area contributed by atoms with Gasteiger partial charge in [-0.3, -0.25) is 4.79 Å². The highest BCUT2D eigenvalue weighted by molar-refractivity contribution is 7.92. The molecule has 100 valence electrons. The lowest BCUT2D eigenvalue weighted by molar-refractivity contribution is 0.101. The smallest absolute Gasteiger partial charge is 0.181 e. The summed E-state index contributed by atoms with van der Waals surface area (Å²) < 4.78 is 28.3. The van der Waals surface area contributed by atoms with Gasteiger partial charge >= 0.3 is 0 Å². The van der Waals surface area contributed by atoms with Crippen LogP contribution in [-0.2, 0) is 9.84 Å². The van der Waals surface area contributed by atoms with Gasteiger partial charge in [0.15, 0.2) is 15.6 Å². The molecule has 0 fully saturated rings. The molecule has 1 aromatic rings. The molecular formula is C13H18O4S. The SMILES string of the molecule is CCCS(=O)(=O)CC(=O)c1ccc(C)cc1OC. The first-order valence-corrected chi connectivity index (χ1v) is 7.60. The Labute approximate surface area is 108 Å². The van der Waals surface area contributed by atoms with Crippen LogP contribution in [0.4, 0.5) is 0 Å². The first kappa shape index (κ1) is 14.7. The summed E-state index contributed by atoms with van der Waals surface area (Å²) in [5.41, 5.74) is 1.28. The molecule has 0 amide bonds. The van der Waals surface area contributed by atoms with Crippen molar-refractivity contribution in [3.8, 4) is 5.75 Å². The minimum atomic E-state index is -3.32. The highest BCUT2D eigenvalue weighted by atomic mass is 32.2. The Morgan fingerprint density at radius 1 is 1.33 bits per heavy atom. The lowest BCUT2D eigenvalue weighted by Gasteiger charge is -2.08. The highest BCUT2D eigenvalue weighted by Crippen LogP contribution is 2.21. The van der Waals surface area contributed by atoms with E-state index in [1.165, 1.54) is 7.11 Å². The number of methoxy groups -OCH3 is 1. The molecule has 0 aromatic heterocycles. The number of Topliss-reactive ketones (excluding diaryl/α,β-unsaturated/α-hetero) is 1. The fraction of sp³-hybridized carbons (Fsp3) is 0.462. The molecule has 0 saturated carbocycles. The summed E-state index contributed by atoms with van der Waals surface area (Å²) in [6.07, 6.45) is 0.515. The lowest BCUT2D eigenvalue weighted by atomic mass is 10.1. The number of carbonyl (C=O) groups is 1. The van der Waals surface area contributed by atoms with Gasteiger partial charge in [0.25, 0.3) is 0 Å². The summed E-state index contributed by atoms with van der Waals surface area (Å²) in [5.74, 6) is -0.417. The second kappa shape index (κ2) is 6.00. The monoisotopic (exact) mass is 270 g/mol. The number of benzene rings is 1. The van der Waals surface area contributed by atoms with Crippen LogP contribution in [-0.4, -0.2) is 32.8 Å². The maximum Gasteiger partial charge on any atom is 0.181 e. The summed E-state index contributed by atoms with van der Waals surface area (Å²) in [6.45, 7) is 3.65. The third-order valence-electron chi connectivity index (χ3n) is 2.52. The molecule has 0 heterocycles. The molecular weight excluding hydrogens is 252 g/mol. The molecule has 0 spiro atoms. The number of ketones is 1. The quantitative estimate of drug-likeness (QED) is 0.742. The number of hydrogen-bond acceptors (Lipinski definition) is 4. The average Bonchev–Trinajstić information content (AvgIpc) is 2.27. The third-order valence-corrected chi connectivity index (χ3v) is 4.26. The van der Waals surface area contributed by atoms with E-state index in [1.807, 2.05) is 6.92 Å². The standard InChI is InChI=1S/C13H18O4S/c1-4-7-18(15,16)9-12(14)11-6-5-10(2)8-13(11)17-3/h5-6,8H,4,7,9H2,1-3H3. The van der Waals surface area contributed by atoms with E-state index in [0.717, 1.165) is 5.56 Å². The van der Waals surface area contributed by atoms with E-state index in [9.17, 15) is 13.2 Å². The van der Waals surface area contributed by atoms with Gasteiger partial charge in [0.05, 0.1) is 18.4 Å². The number of carbonyl (C=O) groups excluding carboxylic acids is 1. The maximum atomic E-state index is 12.0. The van der Waals surface area contributed by atoms with Crippen molar-refractivity contribution in [2.75, 3.05) is 18.6 Å². The van der Waals surface area contributed by atoms with Crippen molar-refractivity contribution in [1.82, 2.24) is 0 Å². The van der Waals surface area contributed by atoms with Crippen LogP contribution in [0.1, 0.15) is 29.3 Å². The number of sulfone groups is 1. The minimum Gasteiger partial charge on any atom is -0.496 e. The van der Waals surface area contributed by atoms with Crippen LogP contribution in [0.15, 0.2) is 18.2 Å². The summed E-state index contributed by atoms with van der Waals surface area (Å²) in [5, 5.41) is 0. The molecule has 1 aromatic carbocycles. The molecule has 0 aliphatic heterocycles. The van der Waals surface area contributed by atoms with Crippen molar-refractivity contribution in [2.24, 2.45) is 0 Å². The molecule has 0 radical (unpaired) electrons. The second-order valence-electron chi connectivity index (χ2n) is 4.22. The van der Waals surface area contributed by atoms with Gasteiger partial charge in [0, 0.05) is 0 Å². The highest BCUT2D eigenvalue weighted by Gasteiger charge is 2.19. The van der Waals surface area contributed by atoms with Gasteiger partial charge in [-0.25, -0.2) is 8.42 Å². The van der Waals surface area contributed by atoms with Gasteiger partial charge in [-0.1, -0.05) is 13.0 Å². The Bertz CT molecular complexity index is 532. The number of hydrogen-bond donors (Lipinski definition) is 0. The van der Waals surface area contributed by atoms with E-state index in [-0.39, 0.29) is 5.75 Å². The van der Waals surface area contributed by atoms with Crippen LogP contribution < -0.4 is 4.74 Å². The van der Waals surface area contributed by atoms with Crippen LogP contribution in [0.2, 0.25) is 0 Å². The number of aryl methyl sites for hydroxylation is 1. The summed E-state index contributed by atoms with van der Waals surface area (Å²) in [6, 6.07) is 5.10. The Balaban J connectivity index is 2.98. The van der Waals surface area contributed by atoms with Crippen molar-refractivity contribution in [2.45, 2.75) is 20.3 Å². The van der Waals surface area contributed by atoms with Gasteiger partial charge in [0.2, 0.25) is 0 Å². The normalized spacial score (nSPS) is 11.3. The summed E-state index contributed by atoms with van der Waals surface area (Å²) in [4.78, 5) is 12.0. The molecule has 1 rings (SSSR count). The molecule has 5 heteroatoms. The molecule has 0 N–H and O–H groups in total. The second-order valence-corrected chi connectivity index (χ2v) is 6.40. The molecule has 0 unspecified atom stereocenters. The Morgan fingerprint density at radius 3 is 2.56 bits per heavy atom. The Hall–Kier alpha value is -1.36. The molecule has 0 bridgehead atoms. The molecule has 0 aliphatic rings. The zero-order chi connectivity index (χ0) is 13.8. The van der Waals surface area contributed by atoms with Crippen LogP contribution in [0.25, 0.3) is 0 Å². The van der Waals surface area contributed by atoms with Crippen LogP contribution in [0.5, 0.6) is 5.75 Å². The maximum absolute atomic E-state index is 12.0. The number of ether oxygens (including phenoxy) is 1. The fourth-order valence-corrected chi connectivity index (χ4v) is 3.01. The van der Waals surface area contributed by atoms with Crippen LogP contribution >= 0.6 is 0 Å². The predicted octanol–water partition coefficient (Wildman–Crippen LogP) is 2.01. The topological polar surface area (TPSA) is 60.4 Å². The average molecular weight is 270 g/mol.